The number of rotatable bonds is 4. The number of ether oxygens (including phenoxy) is 1. The molecule has 4 aliphatic rings. The summed E-state index contributed by atoms with van der Waals surface area (Å²) in [5.74, 6) is -1.79. The number of hydrogen-bond acceptors (Lipinski definition) is 7. The smallest absolute Gasteiger partial charge is 0.410 e. The fourth-order valence-corrected chi connectivity index (χ4v) is 5.94. The number of imide groups is 1. The Bertz CT molecular complexity index is 1200. The monoisotopic (exact) mass is 561 g/mol. The number of fused-ring (bicyclic) bond motifs is 1. The Kier molecular flexibility index (Phi) is 7.49. The van der Waals surface area contributed by atoms with Crippen molar-refractivity contribution in [3.8, 4) is 0 Å². The van der Waals surface area contributed by atoms with Crippen LogP contribution in [0.1, 0.15) is 62.4 Å². The van der Waals surface area contributed by atoms with E-state index in [1.54, 1.807) is 31.7 Å². The first kappa shape index (κ1) is 28.3. The van der Waals surface area contributed by atoms with Gasteiger partial charge in [0.15, 0.2) is 0 Å². The van der Waals surface area contributed by atoms with Crippen molar-refractivity contribution in [3.63, 3.8) is 0 Å². The van der Waals surface area contributed by atoms with Gasteiger partial charge in [-0.25, -0.2) is 13.6 Å². The summed E-state index contributed by atoms with van der Waals surface area (Å²) in [5.41, 5.74) is -0.729. The number of hydrogen-bond donors (Lipinski definition) is 1. The maximum atomic E-state index is 15.7. The minimum absolute atomic E-state index is 0.155. The van der Waals surface area contributed by atoms with Crippen LogP contribution in [-0.2, 0) is 20.9 Å². The fourth-order valence-electron chi connectivity index (χ4n) is 5.94. The van der Waals surface area contributed by atoms with Crippen molar-refractivity contribution < 1.29 is 32.7 Å². The molecule has 1 unspecified atom stereocenters. The van der Waals surface area contributed by atoms with Gasteiger partial charge in [-0.1, -0.05) is 0 Å². The van der Waals surface area contributed by atoms with Crippen LogP contribution in [0, 0.1) is 5.82 Å². The standard InChI is InChI=1S/C28H37F2N5O5/c1-27(2,3)40-26(39)34-8-6-28(30,7-9-34)17-32-10-12-33(13-11-32)22-14-18-16-35(25(38)19(18)15-20(22)29)21-4-5-23(36)31-24(21)37/h14-15,21H,4-13,16-17H2,1-3H3,(H,31,36,37). The van der Waals surface area contributed by atoms with Crippen LogP contribution in [0.15, 0.2) is 12.1 Å². The molecule has 0 spiro atoms. The van der Waals surface area contributed by atoms with E-state index in [1.807, 2.05) is 9.80 Å². The number of piperidine rings is 2. The molecule has 1 N–H and O–H groups in total. The number of likely N-dealkylation sites (tertiary alicyclic amines) is 1. The summed E-state index contributed by atoms with van der Waals surface area (Å²) >= 11 is 0. The van der Waals surface area contributed by atoms with Crippen LogP contribution in [0.5, 0.6) is 0 Å². The molecule has 5 rings (SSSR count). The lowest BCUT2D eigenvalue weighted by Crippen LogP contribution is -2.54. The number of halogens is 2. The van der Waals surface area contributed by atoms with Crippen molar-refractivity contribution in [1.82, 2.24) is 20.0 Å². The van der Waals surface area contributed by atoms with Gasteiger partial charge in [0.2, 0.25) is 11.8 Å². The quantitative estimate of drug-likeness (QED) is 0.564. The highest BCUT2D eigenvalue weighted by Crippen LogP contribution is 2.34. The number of carbonyl (C=O) groups excluding carboxylic acids is 4. The Morgan fingerprint density at radius 1 is 1.07 bits per heavy atom. The molecule has 0 bridgehead atoms. The highest BCUT2D eigenvalue weighted by molar-refractivity contribution is 6.05. The van der Waals surface area contributed by atoms with Crippen LogP contribution in [0.2, 0.25) is 0 Å². The Balaban J connectivity index is 1.16. The molecule has 4 aliphatic heterocycles. The van der Waals surface area contributed by atoms with Gasteiger partial charge in [0.05, 0.1) is 5.69 Å². The number of amides is 4. The summed E-state index contributed by atoms with van der Waals surface area (Å²) in [6, 6.07) is 2.16. The van der Waals surface area contributed by atoms with Crippen molar-refractivity contribution in [2.45, 2.75) is 70.3 Å². The molecule has 1 aromatic carbocycles. The van der Waals surface area contributed by atoms with Crippen molar-refractivity contribution in [3.05, 3.63) is 29.1 Å². The van der Waals surface area contributed by atoms with E-state index in [1.165, 1.54) is 11.0 Å². The van der Waals surface area contributed by atoms with E-state index in [0.717, 1.165) is 0 Å². The number of nitrogens with zero attached hydrogens (tertiary/aromatic N) is 4. The summed E-state index contributed by atoms with van der Waals surface area (Å²) in [5, 5.41) is 2.27. The fraction of sp³-hybridized carbons (Fsp3) is 0.643. The molecule has 3 saturated heterocycles. The zero-order valence-electron chi connectivity index (χ0n) is 23.3. The van der Waals surface area contributed by atoms with Gasteiger partial charge >= 0.3 is 6.09 Å². The Morgan fingerprint density at radius 2 is 1.75 bits per heavy atom. The molecule has 0 aliphatic carbocycles. The first-order chi connectivity index (χ1) is 18.8. The second-order valence-electron chi connectivity index (χ2n) is 12.2. The Hall–Kier alpha value is -3.28. The van der Waals surface area contributed by atoms with E-state index < -0.39 is 41.0 Å². The topological polar surface area (TPSA) is 102 Å². The highest BCUT2D eigenvalue weighted by Gasteiger charge is 2.41. The highest BCUT2D eigenvalue weighted by atomic mass is 19.1. The summed E-state index contributed by atoms with van der Waals surface area (Å²) in [4.78, 5) is 56.0. The zero-order valence-corrected chi connectivity index (χ0v) is 23.3. The van der Waals surface area contributed by atoms with E-state index in [9.17, 15) is 19.2 Å². The average molecular weight is 562 g/mol. The van der Waals surface area contributed by atoms with E-state index >= 15 is 8.78 Å². The SMILES string of the molecule is CC(C)(C)OC(=O)N1CCC(F)(CN2CCN(c3cc4c(cc3F)C(=O)N(C3CCC(=O)NC3=O)C4)CC2)CC1. The summed E-state index contributed by atoms with van der Waals surface area (Å²) in [7, 11) is 0. The van der Waals surface area contributed by atoms with Crippen molar-refractivity contribution in [2.75, 3.05) is 50.7 Å². The predicted octanol–water partition coefficient (Wildman–Crippen LogP) is 2.45. The third kappa shape index (κ3) is 5.91. The van der Waals surface area contributed by atoms with Gasteiger partial charge in [0, 0.05) is 77.2 Å². The number of nitrogens with one attached hydrogen (secondary N) is 1. The molecular formula is C28H37F2N5O5. The second kappa shape index (κ2) is 10.6. The maximum absolute atomic E-state index is 15.7. The van der Waals surface area contributed by atoms with Gasteiger partial charge in [0.1, 0.15) is 23.1 Å². The normalized spacial score (nSPS) is 23.8. The van der Waals surface area contributed by atoms with E-state index in [0.29, 0.717) is 50.5 Å². The molecule has 3 fully saturated rings. The van der Waals surface area contributed by atoms with E-state index in [2.05, 4.69) is 5.32 Å². The van der Waals surface area contributed by atoms with Crippen molar-refractivity contribution in [2.24, 2.45) is 0 Å². The van der Waals surface area contributed by atoms with Crippen LogP contribution in [-0.4, -0.2) is 102 Å². The zero-order chi connectivity index (χ0) is 28.8. The lowest BCUT2D eigenvalue weighted by molar-refractivity contribution is -0.136. The van der Waals surface area contributed by atoms with Crippen LogP contribution >= 0.6 is 0 Å². The molecule has 1 atom stereocenters. The van der Waals surface area contributed by atoms with Gasteiger partial charge in [0.25, 0.3) is 5.91 Å². The molecule has 0 aromatic heterocycles. The molecule has 12 heteroatoms. The number of carbonyl (C=O) groups is 4. The first-order valence-corrected chi connectivity index (χ1v) is 13.9. The molecule has 0 saturated carbocycles. The summed E-state index contributed by atoms with van der Waals surface area (Å²) < 4.78 is 36.3. The van der Waals surface area contributed by atoms with Crippen molar-refractivity contribution >= 4 is 29.5 Å². The number of anilines is 1. The van der Waals surface area contributed by atoms with Gasteiger partial charge in [-0.2, -0.15) is 0 Å². The average Bonchev–Trinajstić information content (AvgIpc) is 3.18. The first-order valence-electron chi connectivity index (χ1n) is 13.9. The molecule has 1 aromatic rings. The predicted molar refractivity (Wildman–Crippen MR) is 142 cm³/mol. The summed E-state index contributed by atoms with van der Waals surface area (Å²) in [6.07, 6.45) is 0.466. The third-order valence-corrected chi connectivity index (χ3v) is 8.12. The number of alkyl halides is 1. The maximum Gasteiger partial charge on any atom is 0.410 e. The number of piperazine rings is 1. The molecule has 0 radical (unpaired) electrons. The third-order valence-electron chi connectivity index (χ3n) is 8.12. The molecule has 10 nitrogen and oxygen atoms in total. The van der Waals surface area contributed by atoms with Crippen LogP contribution in [0.3, 0.4) is 0 Å². The molecule has 218 valence electrons. The Morgan fingerprint density at radius 3 is 2.38 bits per heavy atom. The van der Waals surface area contributed by atoms with E-state index in [4.69, 9.17) is 4.74 Å². The van der Waals surface area contributed by atoms with Crippen LogP contribution in [0.25, 0.3) is 0 Å². The van der Waals surface area contributed by atoms with Crippen LogP contribution < -0.4 is 10.2 Å². The van der Waals surface area contributed by atoms with Gasteiger partial charge in [-0.05, 0) is 44.9 Å². The molecule has 40 heavy (non-hydrogen) atoms. The van der Waals surface area contributed by atoms with Crippen molar-refractivity contribution in [1.29, 1.82) is 0 Å². The minimum atomic E-state index is -1.40. The van der Waals surface area contributed by atoms with Crippen LogP contribution in [0.4, 0.5) is 19.3 Å². The lowest BCUT2D eigenvalue weighted by Gasteiger charge is -2.42. The molecule has 4 heterocycles. The Labute approximate surface area is 232 Å². The second-order valence-corrected chi connectivity index (χ2v) is 12.2. The summed E-state index contributed by atoms with van der Waals surface area (Å²) in [6.45, 7) is 8.57. The van der Waals surface area contributed by atoms with Gasteiger partial charge < -0.3 is 19.4 Å². The molecule has 4 amide bonds. The van der Waals surface area contributed by atoms with E-state index in [-0.39, 0.29) is 50.2 Å². The lowest BCUT2D eigenvalue weighted by atomic mass is 9.92. The minimum Gasteiger partial charge on any atom is -0.444 e. The van der Waals surface area contributed by atoms with Gasteiger partial charge in [-0.3, -0.25) is 24.6 Å². The largest absolute Gasteiger partial charge is 0.444 e. The molecular weight excluding hydrogens is 524 g/mol. The van der Waals surface area contributed by atoms with Gasteiger partial charge in [-0.15, -0.1) is 0 Å². The number of benzene rings is 1.